The maximum absolute atomic E-state index is 8.88. The van der Waals surface area contributed by atoms with Gasteiger partial charge in [0.15, 0.2) is 14.6 Å². The van der Waals surface area contributed by atoms with E-state index >= 15 is 0 Å². The van der Waals surface area contributed by atoms with Crippen molar-refractivity contribution in [3.63, 3.8) is 0 Å². The van der Waals surface area contributed by atoms with E-state index in [0.717, 1.165) is 77.8 Å². The normalized spacial score (nSPS) is 18.8. The second kappa shape index (κ2) is 23.3. The van der Waals surface area contributed by atoms with Gasteiger partial charge < -0.3 is 34.3 Å². The molecule has 7 aromatic carbocycles. The average molecular weight is 1280 g/mol. The Morgan fingerprint density at radius 1 is 0.571 bits per heavy atom. The molecule has 2 radical (unpaired) electrons. The fourth-order valence-electron chi connectivity index (χ4n) is 11.3. The smallest absolute Gasteiger partial charge is 0.213 e. The molecule has 2 N–H and O–H groups in total. The van der Waals surface area contributed by atoms with Gasteiger partial charge in [0.05, 0.1) is 11.0 Å². The minimum absolute atomic E-state index is 0. The SMILES string of the molecule is [2H]C([2H])([2H])n1c(-n2c3[c-]c(Oc4[c-]c(N5[CH-]N(c6c(/C7=C/C=C\N/C=C\C=C/[B]7)cccc6/C6=C/C=C\N/C=C\C=C/[B]6)c6ccccc65)cc(-c5c(C(C)(C)C)cccc5C(C)(C)C)c4)ccc3c3cc(C(C)(C)C)ccc32)nc2ccccc21.[Pt]. The Morgan fingerprint density at radius 3 is 1.83 bits per heavy atom. The molecule has 0 spiro atoms. The van der Waals surface area contributed by atoms with E-state index in [4.69, 9.17) is 13.8 Å². The molecule has 3 aliphatic heterocycles. The Labute approximate surface area is 516 Å². The second-order valence-corrected chi connectivity index (χ2v) is 24.2. The number of nitrogens with zero attached hydrogens (tertiary/aromatic N) is 5. The molecule has 3 aliphatic rings. The largest absolute Gasteiger partial charge is 0.509 e. The van der Waals surface area contributed by atoms with Gasteiger partial charge in [0.2, 0.25) is 5.95 Å². The molecule has 0 unspecified atom stereocenters. The minimum Gasteiger partial charge on any atom is -0.509 e. The van der Waals surface area contributed by atoms with Gasteiger partial charge in [-0.2, -0.15) is 6.07 Å². The van der Waals surface area contributed by atoms with Gasteiger partial charge in [0.25, 0.3) is 0 Å². The standard InChI is InChI=1S/C73H68B2N7O.Pt/c1-71(2,3)50-33-36-63-57(45-50)54-35-34-52(47-67(54)82(63)70-78-62-29-11-12-30-64(62)79(70)10)83-53-44-49(68-58(72(4,5)6)25-20-26-59(68)73(7,8)9)43-51(46-53)80-48-81(66-32-14-13-31-65(66)80)69-55(60-27-21-41-76-39-17-15-37-74-60)23-19-24-56(69)61-28-22-42-77-40-18-16-38-75-61;/h11-45,48,76-77H,1-10H3;/q-3;/b37-15-,38-16-,39-17-,40-18-,41-21-,42-22-,60-27-,61-28-;/i10D3;. The van der Waals surface area contributed by atoms with Gasteiger partial charge in [-0.3, -0.25) is 0 Å². The molecular formula is C73H68B2N7OPt-3. The topological polar surface area (TPSA) is 62.5 Å². The van der Waals surface area contributed by atoms with Gasteiger partial charge in [-0.05, 0) is 110 Å². The number of rotatable bonds is 8. The Hall–Kier alpha value is -8.45. The molecule has 12 rings (SSSR count). The van der Waals surface area contributed by atoms with Crippen molar-refractivity contribution in [2.45, 2.75) is 78.6 Å². The molecule has 9 aromatic rings. The maximum Gasteiger partial charge on any atom is 0.213 e. The number of aryl methyl sites for hydroxylation is 1. The van der Waals surface area contributed by atoms with Crippen LogP contribution in [0.4, 0.5) is 22.7 Å². The van der Waals surface area contributed by atoms with E-state index < -0.39 is 6.98 Å². The fraction of sp³-hybridized carbons (Fsp3) is 0.178. The number of hydrogen-bond donors (Lipinski definition) is 2. The molecule has 0 amide bonds. The van der Waals surface area contributed by atoms with Crippen LogP contribution < -0.4 is 25.2 Å². The third-order valence-electron chi connectivity index (χ3n) is 15.4. The predicted octanol–water partition coefficient (Wildman–Crippen LogP) is 17.4. The van der Waals surface area contributed by atoms with Gasteiger partial charge in [-0.25, -0.2) is 4.98 Å². The third-order valence-corrected chi connectivity index (χ3v) is 15.4. The van der Waals surface area contributed by atoms with Crippen LogP contribution in [0.3, 0.4) is 0 Å². The van der Waals surface area contributed by atoms with Crippen molar-refractivity contribution in [3.8, 4) is 28.6 Å². The number of fused-ring (bicyclic) bond motifs is 5. The summed E-state index contributed by atoms with van der Waals surface area (Å²) in [5.41, 5.74) is 15.3. The third kappa shape index (κ3) is 11.2. The zero-order valence-electron chi connectivity index (χ0n) is 51.9. The van der Waals surface area contributed by atoms with Crippen molar-refractivity contribution in [1.29, 1.82) is 0 Å². The van der Waals surface area contributed by atoms with Crippen molar-refractivity contribution >= 4 is 81.1 Å². The van der Waals surface area contributed by atoms with Crippen LogP contribution in [0.25, 0.3) is 60.9 Å². The summed E-state index contributed by atoms with van der Waals surface area (Å²) in [5, 5.41) is 8.33. The van der Waals surface area contributed by atoms with E-state index in [1.165, 1.54) is 15.7 Å². The number of hydrogen-bond acceptors (Lipinski definition) is 6. The molecule has 84 heavy (non-hydrogen) atoms. The van der Waals surface area contributed by atoms with Crippen molar-refractivity contribution in [1.82, 2.24) is 24.8 Å². The molecular weight excluding hydrogens is 1210 g/mol. The first-order chi connectivity index (χ1) is 41.2. The van der Waals surface area contributed by atoms with Crippen molar-refractivity contribution in [2.75, 3.05) is 9.80 Å². The first-order valence-electron chi connectivity index (χ1n) is 29.9. The Morgan fingerprint density at radius 2 is 1.19 bits per heavy atom. The molecule has 0 aliphatic carbocycles. The summed E-state index contributed by atoms with van der Waals surface area (Å²) < 4.78 is 37.1. The van der Waals surface area contributed by atoms with Crippen LogP contribution in [-0.2, 0) is 44.3 Å². The van der Waals surface area contributed by atoms with Crippen molar-refractivity contribution in [2.24, 2.45) is 6.98 Å². The Kier molecular flexibility index (Phi) is 14.9. The summed E-state index contributed by atoms with van der Waals surface area (Å²) >= 11 is 0. The second-order valence-electron chi connectivity index (χ2n) is 24.2. The number of aromatic nitrogens is 3. The zero-order valence-corrected chi connectivity index (χ0v) is 51.2. The number of ether oxygens (including phenoxy) is 1. The number of nitrogens with one attached hydrogen (secondary N) is 2. The van der Waals surface area contributed by atoms with Crippen LogP contribution in [0.1, 0.15) is 94.2 Å². The first-order valence-corrected chi connectivity index (χ1v) is 28.4. The zero-order chi connectivity index (χ0) is 60.1. The molecule has 0 saturated carbocycles. The van der Waals surface area contributed by atoms with Crippen LogP contribution in [0, 0.1) is 18.8 Å². The molecule has 0 bridgehead atoms. The van der Waals surface area contributed by atoms with Crippen molar-refractivity contribution in [3.05, 3.63) is 259 Å². The van der Waals surface area contributed by atoms with Crippen LogP contribution in [-0.4, -0.2) is 28.7 Å². The quantitative estimate of drug-likeness (QED) is 0.117. The summed E-state index contributed by atoms with van der Waals surface area (Å²) in [4.78, 5) is 9.59. The number of para-hydroxylation sites is 5. The summed E-state index contributed by atoms with van der Waals surface area (Å²) in [7, 11) is 4.31. The summed E-state index contributed by atoms with van der Waals surface area (Å²) in [6.07, 6.45) is 24.0. The Bertz CT molecular complexity index is 4280. The van der Waals surface area contributed by atoms with Crippen LogP contribution in [0.5, 0.6) is 11.5 Å². The summed E-state index contributed by atoms with van der Waals surface area (Å²) in [6, 6.07) is 51.3. The predicted molar refractivity (Wildman–Crippen MR) is 351 cm³/mol. The van der Waals surface area contributed by atoms with Gasteiger partial charge in [0, 0.05) is 91.0 Å². The molecule has 420 valence electrons. The van der Waals surface area contributed by atoms with Gasteiger partial charge >= 0.3 is 0 Å². The molecule has 0 saturated heterocycles. The monoisotopic (exact) mass is 1280 g/mol. The number of imidazole rings is 1. The van der Waals surface area contributed by atoms with Gasteiger partial charge in [-0.1, -0.05) is 176 Å². The molecule has 11 heteroatoms. The van der Waals surface area contributed by atoms with Crippen LogP contribution >= 0.6 is 0 Å². The number of benzene rings is 7. The molecule has 0 fully saturated rings. The summed E-state index contributed by atoms with van der Waals surface area (Å²) in [6.45, 7) is 19.8. The Balaban J connectivity index is 0.00000784. The van der Waals surface area contributed by atoms with E-state index in [1.807, 2.05) is 96.2 Å². The van der Waals surface area contributed by atoms with Gasteiger partial charge in [0.1, 0.15) is 0 Å². The van der Waals surface area contributed by atoms with Crippen LogP contribution in [0.2, 0.25) is 0 Å². The van der Waals surface area contributed by atoms with Gasteiger partial charge in [-0.15, -0.1) is 65.6 Å². The molecule has 0 atom stereocenters. The summed E-state index contributed by atoms with van der Waals surface area (Å²) in [5.74, 6) is 5.30. The maximum atomic E-state index is 8.88. The van der Waals surface area contributed by atoms with Crippen molar-refractivity contribution < 1.29 is 29.9 Å². The first kappa shape index (κ1) is 53.5. The number of allylic oxidation sites excluding steroid dienone is 8. The van der Waals surface area contributed by atoms with E-state index in [9.17, 15) is 0 Å². The van der Waals surface area contributed by atoms with E-state index in [-0.39, 0.29) is 43.3 Å². The fourth-order valence-corrected chi connectivity index (χ4v) is 11.3. The average Bonchev–Trinajstić information content (AvgIpc) is 1.69. The number of anilines is 4. The van der Waals surface area contributed by atoms with Crippen LogP contribution in [0.15, 0.2) is 213 Å². The molecule has 8 nitrogen and oxygen atoms in total. The molecule has 2 aromatic heterocycles. The molecule has 5 heterocycles. The van der Waals surface area contributed by atoms with E-state index in [1.54, 1.807) is 0 Å². The minimum atomic E-state index is -2.56. The van der Waals surface area contributed by atoms with E-state index in [0.29, 0.717) is 28.0 Å². The van der Waals surface area contributed by atoms with E-state index in [2.05, 4.69) is 237 Å².